The highest BCUT2D eigenvalue weighted by atomic mass is 35.5. The molecule has 1 aromatic heterocycles. The van der Waals surface area contributed by atoms with Crippen molar-refractivity contribution in [3.8, 4) is 17.7 Å². The van der Waals surface area contributed by atoms with Crippen LogP contribution < -0.4 is 14.8 Å². The van der Waals surface area contributed by atoms with E-state index < -0.39 is 0 Å². The van der Waals surface area contributed by atoms with Crippen molar-refractivity contribution in [2.24, 2.45) is 0 Å². The molecule has 2 aromatic rings. The average molecular weight is 420 g/mol. The summed E-state index contributed by atoms with van der Waals surface area (Å²) in [5.41, 5.74) is 0.501. The summed E-state index contributed by atoms with van der Waals surface area (Å²) in [6, 6.07) is 10.4. The fourth-order valence-corrected chi connectivity index (χ4v) is 3.48. The van der Waals surface area contributed by atoms with Crippen LogP contribution in [0.3, 0.4) is 0 Å². The summed E-state index contributed by atoms with van der Waals surface area (Å²) in [4.78, 5) is 16.2. The van der Waals surface area contributed by atoms with Crippen LogP contribution in [0.25, 0.3) is 0 Å². The molecule has 1 heterocycles. The van der Waals surface area contributed by atoms with Crippen LogP contribution in [-0.2, 0) is 4.79 Å². The lowest BCUT2D eigenvalue weighted by atomic mass is 9.93. The summed E-state index contributed by atoms with van der Waals surface area (Å²) in [7, 11) is 0. The van der Waals surface area contributed by atoms with Crippen molar-refractivity contribution in [1.82, 2.24) is 10.3 Å². The molecule has 0 radical (unpaired) electrons. The molecule has 1 aromatic carbocycles. The van der Waals surface area contributed by atoms with Gasteiger partial charge in [-0.3, -0.25) is 4.79 Å². The molecule has 0 saturated heterocycles. The van der Waals surface area contributed by atoms with Gasteiger partial charge in [-0.1, -0.05) is 23.2 Å². The van der Waals surface area contributed by atoms with Crippen molar-refractivity contribution < 1.29 is 14.3 Å². The zero-order chi connectivity index (χ0) is 19.9. The second-order valence-corrected chi connectivity index (χ2v) is 7.36. The molecule has 1 aliphatic carbocycles. The van der Waals surface area contributed by atoms with E-state index in [2.05, 4.69) is 10.3 Å². The predicted molar refractivity (Wildman–Crippen MR) is 106 cm³/mol. The summed E-state index contributed by atoms with van der Waals surface area (Å²) in [6.07, 6.45) is 4.81. The molecule has 1 amide bonds. The Morgan fingerprint density at radius 1 is 1.21 bits per heavy atom. The first-order valence-electron chi connectivity index (χ1n) is 8.93. The van der Waals surface area contributed by atoms with Crippen LogP contribution in [0.4, 0.5) is 0 Å². The van der Waals surface area contributed by atoms with Gasteiger partial charge in [-0.05, 0) is 49.9 Å². The Morgan fingerprint density at radius 2 is 2.00 bits per heavy atom. The number of nitrogens with zero attached hydrogens (tertiary/aromatic N) is 2. The number of carbonyl (C=O) groups is 1. The van der Waals surface area contributed by atoms with E-state index in [0.717, 1.165) is 25.7 Å². The fourth-order valence-electron chi connectivity index (χ4n) is 3.02. The maximum atomic E-state index is 12.1. The molecule has 28 heavy (non-hydrogen) atoms. The number of ether oxygens (including phenoxy) is 2. The molecule has 0 unspecified atom stereocenters. The molecule has 1 fully saturated rings. The largest absolute Gasteiger partial charge is 0.482 e. The zero-order valence-corrected chi connectivity index (χ0v) is 16.5. The third kappa shape index (κ3) is 5.75. The maximum absolute atomic E-state index is 12.1. The second kappa shape index (κ2) is 9.63. The second-order valence-electron chi connectivity index (χ2n) is 6.52. The van der Waals surface area contributed by atoms with Crippen LogP contribution in [0.5, 0.6) is 11.6 Å². The molecule has 3 rings (SSSR count). The number of nitriles is 1. The number of pyridine rings is 1. The molecule has 6 nitrogen and oxygen atoms in total. The summed E-state index contributed by atoms with van der Waals surface area (Å²) < 4.78 is 11.3. The number of carbonyl (C=O) groups excluding carboxylic acids is 1. The first-order valence-corrected chi connectivity index (χ1v) is 9.69. The van der Waals surface area contributed by atoms with Gasteiger partial charge >= 0.3 is 0 Å². The molecule has 0 bridgehead atoms. The van der Waals surface area contributed by atoms with Crippen LogP contribution in [0.15, 0.2) is 36.5 Å². The van der Waals surface area contributed by atoms with Gasteiger partial charge in [0.2, 0.25) is 5.88 Å². The smallest absolute Gasteiger partial charge is 0.258 e. The Labute approximate surface area is 173 Å². The quantitative estimate of drug-likeness (QED) is 0.759. The fraction of sp³-hybridized carbons (Fsp3) is 0.350. The average Bonchev–Trinajstić information content (AvgIpc) is 2.69. The molecule has 0 spiro atoms. The van der Waals surface area contributed by atoms with Gasteiger partial charge in [0.25, 0.3) is 5.91 Å². The summed E-state index contributed by atoms with van der Waals surface area (Å²) in [6.45, 7) is -0.104. The number of nitrogens with one attached hydrogen (secondary N) is 1. The van der Waals surface area contributed by atoms with Crippen molar-refractivity contribution >= 4 is 29.1 Å². The molecule has 8 heteroatoms. The predicted octanol–water partition coefficient (Wildman–Crippen LogP) is 4.15. The van der Waals surface area contributed by atoms with Gasteiger partial charge in [-0.2, -0.15) is 5.26 Å². The Balaban J connectivity index is 1.39. The third-order valence-corrected chi connectivity index (χ3v) is 4.98. The van der Waals surface area contributed by atoms with Crippen LogP contribution in [0.1, 0.15) is 31.2 Å². The monoisotopic (exact) mass is 419 g/mol. The van der Waals surface area contributed by atoms with Crippen molar-refractivity contribution in [2.75, 3.05) is 6.61 Å². The minimum Gasteiger partial charge on any atom is -0.482 e. The first kappa shape index (κ1) is 20.2. The number of amides is 1. The zero-order valence-electron chi connectivity index (χ0n) is 15.0. The van der Waals surface area contributed by atoms with Crippen molar-refractivity contribution in [1.29, 1.82) is 5.26 Å². The van der Waals surface area contributed by atoms with Gasteiger partial charge in [0.1, 0.15) is 17.9 Å². The molecule has 0 atom stereocenters. The summed E-state index contributed by atoms with van der Waals surface area (Å²) in [5, 5.41) is 12.7. The van der Waals surface area contributed by atoms with Crippen LogP contribution in [0, 0.1) is 11.3 Å². The number of rotatable bonds is 6. The molecular weight excluding hydrogens is 401 g/mol. The van der Waals surface area contributed by atoms with Crippen LogP contribution in [0.2, 0.25) is 10.0 Å². The standard InChI is InChI=1S/C20H19Cl2N3O3/c21-14-2-7-18(17(22)9-14)27-12-19(26)25-15-3-5-16(6-4-15)28-20-8-1-13(10-23)11-24-20/h1-2,7-9,11,15-16H,3-6,12H2,(H,25,26). The number of benzene rings is 1. The minimum absolute atomic E-state index is 0.0534. The van der Waals surface area contributed by atoms with E-state index in [1.54, 1.807) is 30.3 Å². The Kier molecular flexibility index (Phi) is 6.96. The van der Waals surface area contributed by atoms with Crippen LogP contribution >= 0.6 is 23.2 Å². The first-order chi connectivity index (χ1) is 13.5. The molecule has 0 aliphatic heterocycles. The minimum atomic E-state index is -0.191. The topological polar surface area (TPSA) is 84.2 Å². The molecule has 1 saturated carbocycles. The van der Waals surface area contributed by atoms with Gasteiger partial charge in [0, 0.05) is 23.3 Å². The highest BCUT2D eigenvalue weighted by Crippen LogP contribution is 2.27. The van der Waals surface area contributed by atoms with Gasteiger partial charge in [-0.15, -0.1) is 0 Å². The van der Waals surface area contributed by atoms with E-state index in [4.69, 9.17) is 37.9 Å². The number of aromatic nitrogens is 1. The van der Waals surface area contributed by atoms with E-state index in [1.807, 2.05) is 6.07 Å². The van der Waals surface area contributed by atoms with Gasteiger partial charge in [-0.25, -0.2) is 4.98 Å². The van der Waals surface area contributed by atoms with Gasteiger partial charge in [0.05, 0.1) is 10.6 Å². The van der Waals surface area contributed by atoms with E-state index in [-0.39, 0.29) is 24.7 Å². The van der Waals surface area contributed by atoms with Crippen LogP contribution in [-0.4, -0.2) is 29.6 Å². The van der Waals surface area contributed by atoms with Gasteiger partial charge < -0.3 is 14.8 Å². The third-order valence-electron chi connectivity index (χ3n) is 4.44. The van der Waals surface area contributed by atoms with E-state index in [9.17, 15) is 4.79 Å². The van der Waals surface area contributed by atoms with Crippen molar-refractivity contribution in [3.05, 3.63) is 52.1 Å². The number of hydrogen-bond acceptors (Lipinski definition) is 5. The molecular formula is C20H19Cl2N3O3. The SMILES string of the molecule is N#Cc1ccc(OC2CCC(NC(=O)COc3ccc(Cl)cc3Cl)CC2)nc1. The highest BCUT2D eigenvalue weighted by Gasteiger charge is 2.24. The molecule has 1 aliphatic rings. The Hall–Kier alpha value is -2.49. The van der Waals surface area contributed by atoms with E-state index >= 15 is 0 Å². The number of hydrogen-bond donors (Lipinski definition) is 1. The van der Waals surface area contributed by atoms with E-state index in [1.165, 1.54) is 6.20 Å². The summed E-state index contributed by atoms with van der Waals surface area (Å²) >= 11 is 11.9. The lowest BCUT2D eigenvalue weighted by molar-refractivity contribution is -0.124. The highest BCUT2D eigenvalue weighted by molar-refractivity contribution is 6.35. The van der Waals surface area contributed by atoms with Crippen molar-refractivity contribution in [2.45, 2.75) is 37.8 Å². The van der Waals surface area contributed by atoms with E-state index in [0.29, 0.717) is 27.2 Å². The maximum Gasteiger partial charge on any atom is 0.258 e. The Bertz CT molecular complexity index is 860. The lowest BCUT2D eigenvalue weighted by Gasteiger charge is -2.29. The normalized spacial score (nSPS) is 18.8. The molecule has 1 N–H and O–H groups in total. The van der Waals surface area contributed by atoms with Crippen molar-refractivity contribution in [3.63, 3.8) is 0 Å². The summed E-state index contributed by atoms with van der Waals surface area (Å²) in [5.74, 6) is 0.747. The number of halogens is 2. The Morgan fingerprint density at radius 3 is 2.64 bits per heavy atom. The molecule has 146 valence electrons. The van der Waals surface area contributed by atoms with Gasteiger partial charge in [0.15, 0.2) is 6.61 Å². The lowest BCUT2D eigenvalue weighted by Crippen LogP contribution is -2.41.